The fourth-order valence-corrected chi connectivity index (χ4v) is 2.11. The van der Waals surface area contributed by atoms with Gasteiger partial charge in [-0.1, -0.05) is 0 Å². The predicted octanol–water partition coefficient (Wildman–Crippen LogP) is -1.04. The zero-order valence-electron chi connectivity index (χ0n) is 11.1. The summed E-state index contributed by atoms with van der Waals surface area (Å²) in [4.78, 5) is 4.28. The Morgan fingerprint density at radius 3 is 2.53 bits per heavy atom. The van der Waals surface area contributed by atoms with Crippen LogP contribution >= 0.6 is 0 Å². The molecule has 106 valence electrons. The van der Waals surface area contributed by atoms with E-state index in [1.54, 1.807) is 13.2 Å². The molecule has 1 atom stereocenters. The molecule has 1 aliphatic rings. The van der Waals surface area contributed by atoms with Crippen molar-refractivity contribution >= 4 is 5.82 Å². The summed E-state index contributed by atoms with van der Waals surface area (Å²) in [6.07, 6.45) is -0.660. The Labute approximate surface area is 112 Å². The molecule has 1 aliphatic heterocycles. The lowest BCUT2D eigenvalue weighted by molar-refractivity contribution is 0.0574. The second-order valence-electron chi connectivity index (χ2n) is 4.56. The molecule has 0 aromatic carbocycles. The number of rotatable bonds is 5. The first kappa shape index (κ1) is 14.0. The van der Waals surface area contributed by atoms with Crippen molar-refractivity contribution in [3.8, 4) is 5.88 Å². The molecule has 0 spiro atoms. The van der Waals surface area contributed by atoms with E-state index in [2.05, 4.69) is 20.0 Å². The van der Waals surface area contributed by atoms with Gasteiger partial charge in [0.05, 0.1) is 19.8 Å². The third-order valence-electron chi connectivity index (χ3n) is 3.21. The average Bonchev–Trinajstić information content (AvgIpc) is 2.48. The van der Waals surface area contributed by atoms with Crippen molar-refractivity contribution in [2.75, 3.05) is 51.3 Å². The molecule has 19 heavy (non-hydrogen) atoms. The average molecular weight is 268 g/mol. The summed E-state index contributed by atoms with van der Waals surface area (Å²) in [6, 6.07) is 3.69. The van der Waals surface area contributed by atoms with Gasteiger partial charge in [-0.05, 0) is 6.07 Å². The Kier molecular flexibility index (Phi) is 4.89. The van der Waals surface area contributed by atoms with Crippen molar-refractivity contribution in [3.63, 3.8) is 0 Å². The van der Waals surface area contributed by atoms with Gasteiger partial charge in [-0.2, -0.15) is 0 Å². The van der Waals surface area contributed by atoms with Crippen LogP contribution < -0.4 is 9.64 Å². The topological polar surface area (TPSA) is 82.0 Å². The molecule has 2 heterocycles. The molecule has 7 nitrogen and oxygen atoms in total. The number of aliphatic hydroxyl groups is 2. The van der Waals surface area contributed by atoms with Gasteiger partial charge >= 0.3 is 0 Å². The quantitative estimate of drug-likeness (QED) is 0.706. The van der Waals surface area contributed by atoms with Crippen LogP contribution in [0.2, 0.25) is 0 Å². The zero-order chi connectivity index (χ0) is 13.7. The molecule has 0 saturated carbocycles. The molecule has 2 N–H and O–H groups in total. The van der Waals surface area contributed by atoms with Gasteiger partial charge < -0.3 is 19.8 Å². The van der Waals surface area contributed by atoms with E-state index in [4.69, 9.17) is 9.84 Å². The Hall–Kier alpha value is -1.44. The van der Waals surface area contributed by atoms with Crippen LogP contribution in [0.1, 0.15) is 0 Å². The van der Waals surface area contributed by atoms with Gasteiger partial charge in [-0.25, -0.2) is 0 Å². The van der Waals surface area contributed by atoms with Crippen molar-refractivity contribution in [2.24, 2.45) is 0 Å². The molecule has 0 bridgehead atoms. The monoisotopic (exact) mass is 268 g/mol. The Morgan fingerprint density at radius 2 is 2.00 bits per heavy atom. The third kappa shape index (κ3) is 3.76. The fourth-order valence-electron chi connectivity index (χ4n) is 2.11. The SMILES string of the molecule is COc1ccc(N2CCN(CC(O)CO)CC2)nn1. The van der Waals surface area contributed by atoms with E-state index < -0.39 is 6.10 Å². The second kappa shape index (κ2) is 6.65. The molecule has 1 fully saturated rings. The zero-order valence-corrected chi connectivity index (χ0v) is 11.1. The Bertz CT molecular complexity index is 379. The van der Waals surface area contributed by atoms with Crippen molar-refractivity contribution in [3.05, 3.63) is 12.1 Å². The summed E-state index contributed by atoms with van der Waals surface area (Å²) >= 11 is 0. The number of piperazine rings is 1. The second-order valence-corrected chi connectivity index (χ2v) is 4.56. The fraction of sp³-hybridized carbons (Fsp3) is 0.667. The van der Waals surface area contributed by atoms with Crippen molar-refractivity contribution in [1.82, 2.24) is 15.1 Å². The van der Waals surface area contributed by atoms with E-state index in [1.807, 2.05) is 6.07 Å². The minimum Gasteiger partial charge on any atom is -0.480 e. The van der Waals surface area contributed by atoms with E-state index >= 15 is 0 Å². The highest BCUT2D eigenvalue weighted by molar-refractivity contribution is 5.38. The first-order chi connectivity index (χ1) is 9.22. The maximum Gasteiger partial charge on any atom is 0.233 e. The molecule has 1 unspecified atom stereocenters. The number of methoxy groups -OCH3 is 1. The lowest BCUT2D eigenvalue weighted by atomic mass is 10.2. The molecular weight excluding hydrogens is 248 g/mol. The van der Waals surface area contributed by atoms with E-state index in [0.717, 1.165) is 32.0 Å². The van der Waals surface area contributed by atoms with Crippen LogP contribution in [0.4, 0.5) is 5.82 Å². The number of aromatic nitrogens is 2. The summed E-state index contributed by atoms with van der Waals surface area (Å²) in [5.41, 5.74) is 0. The van der Waals surface area contributed by atoms with Gasteiger partial charge in [0.2, 0.25) is 5.88 Å². The molecule has 0 amide bonds. The summed E-state index contributed by atoms with van der Waals surface area (Å²) in [5, 5.41) is 26.3. The van der Waals surface area contributed by atoms with Gasteiger partial charge in [-0.15, -0.1) is 10.2 Å². The van der Waals surface area contributed by atoms with Crippen molar-refractivity contribution in [2.45, 2.75) is 6.10 Å². The maximum absolute atomic E-state index is 9.41. The van der Waals surface area contributed by atoms with Gasteiger partial charge in [-0.3, -0.25) is 4.90 Å². The van der Waals surface area contributed by atoms with E-state index in [0.29, 0.717) is 12.4 Å². The number of β-amino-alcohol motifs (C(OH)–C–C–N with tert-alkyl or cyclic N) is 1. The molecule has 1 aromatic rings. The van der Waals surface area contributed by atoms with Crippen LogP contribution in [0.15, 0.2) is 12.1 Å². The summed E-state index contributed by atoms with van der Waals surface area (Å²) < 4.78 is 4.98. The normalized spacial score (nSPS) is 18.4. The number of nitrogens with zero attached hydrogens (tertiary/aromatic N) is 4. The summed E-state index contributed by atoms with van der Waals surface area (Å²) in [7, 11) is 1.56. The standard InChI is InChI=1S/C12H20N4O3/c1-19-12-3-2-11(13-14-12)16-6-4-15(5-7-16)8-10(18)9-17/h2-3,10,17-18H,4-9H2,1H3. The molecule has 1 saturated heterocycles. The van der Waals surface area contributed by atoms with E-state index in [1.165, 1.54) is 0 Å². The van der Waals surface area contributed by atoms with Gasteiger partial charge in [0.25, 0.3) is 0 Å². The van der Waals surface area contributed by atoms with Crippen LogP contribution in [0.5, 0.6) is 5.88 Å². The molecule has 0 radical (unpaired) electrons. The third-order valence-corrected chi connectivity index (χ3v) is 3.21. The van der Waals surface area contributed by atoms with E-state index in [-0.39, 0.29) is 6.61 Å². The minimum atomic E-state index is -0.660. The highest BCUT2D eigenvalue weighted by Crippen LogP contribution is 2.14. The van der Waals surface area contributed by atoms with E-state index in [9.17, 15) is 5.11 Å². The summed E-state index contributed by atoms with van der Waals surface area (Å²) in [5.74, 6) is 1.34. The van der Waals surface area contributed by atoms with Crippen LogP contribution in [0, 0.1) is 0 Å². The van der Waals surface area contributed by atoms with Crippen molar-refractivity contribution in [1.29, 1.82) is 0 Å². The van der Waals surface area contributed by atoms with Crippen LogP contribution in [0.3, 0.4) is 0 Å². The van der Waals surface area contributed by atoms with Crippen LogP contribution in [-0.4, -0.2) is 77.9 Å². The van der Waals surface area contributed by atoms with Crippen molar-refractivity contribution < 1.29 is 14.9 Å². The number of anilines is 1. The molecule has 1 aromatic heterocycles. The number of hydrogen-bond acceptors (Lipinski definition) is 7. The van der Waals surface area contributed by atoms with Gasteiger partial charge in [0.15, 0.2) is 5.82 Å². The molecule has 0 aliphatic carbocycles. The van der Waals surface area contributed by atoms with Gasteiger partial charge in [0.1, 0.15) is 0 Å². The first-order valence-corrected chi connectivity index (χ1v) is 6.37. The maximum atomic E-state index is 9.41. The molecule has 2 rings (SSSR count). The predicted molar refractivity (Wildman–Crippen MR) is 70.3 cm³/mol. The minimum absolute atomic E-state index is 0.190. The summed E-state index contributed by atoms with van der Waals surface area (Å²) in [6.45, 7) is 3.66. The Morgan fingerprint density at radius 1 is 1.26 bits per heavy atom. The lowest BCUT2D eigenvalue weighted by Gasteiger charge is -2.35. The first-order valence-electron chi connectivity index (χ1n) is 6.37. The smallest absolute Gasteiger partial charge is 0.233 e. The number of hydrogen-bond donors (Lipinski definition) is 2. The molecular formula is C12H20N4O3. The number of aliphatic hydroxyl groups excluding tert-OH is 2. The molecule has 7 heteroatoms. The largest absolute Gasteiger partial charge is 0.480 e. The Balaban J connectivity index is 1.85. The van der Waals surface area contributed by atoms with Crippen LogP contribution in [0.25, 0.3) is 0 Å². The van der Waals surface area contributed by atoms with Crippen LogP contribution in [-0.2, 0) is 0 Å². The van der Waals surface area contributed by atoms with Gasteiger partial charge in [0, 0.05) is 38.8 Å². The lowest BCUT2D eigenvalue weighted by Crippen LogP contribution is -2.49. The highest BCUT2D eigenvalue weighted by Gasteiger charge is 2.20. The number of ether oxygens (including phenoxy) is 1. The highest BCUT2D eigenvalue weighted by atomic mass is 16.5.